The van der Waals surface area contributed by atoms with Crippen LogP contribution in [0.3, 0.4) is 0 Å². The molecule has 5 N–H and O–H groups in total. The van der Waals surface area contributed by atoms with Crippen molar-refractivity contribution in [3.8, 4) is 0 Å². The number of hydrogen-bond acceptors (Lipinski definition) is 7. The first kappa shape index (κ1) is 16.7. The highest BCUT2D eigenvalue weighted by molar-refractivity contribution is 9.10. The lowest BCUT2D eigenvalue weighted by atomic mass is 10.3. The van der Waals surface area contributed by atoms with Gasteiger partial charge in [-0.3, -0.25) is 20.6 Å². The van der Waals surface area contributed by atoms with E-state index in [-0.39, 0.29) is 17.4 Å². The van der Waals surface area contributed by atoms with Gasteiger partial charge >= 0.3 is 0 Å². The normalized spacial score (nSPS) is 10.1. The highest BCUT2D eigenvalue weighted by Gasteiger charge is 2.11. The van der Waals surface area contributed by atoms with Gasteiger partial charge in [-0.25, -0.2) is 9.97 Å². The van der Waals surface area contributed by atoms with Crippen molar-refractivity contribution < 1.29 is 4.79 Å². The summed E-state index contributed by atoms with van der Waals surface area (Å²) < 4.78 is 0.868. The molecule has 9 heteroatoms. The molecule has 0 atom stereocenters. The summed E-state index contributed by atoms with van der Waals surface area (Å²) in [7, 11) is 0. The van der Waals surface area contributed by atoms with E-state index in [1.54, 1.807) is 18.3 Å². The number of nitrogen functional groups attached to an aromatic ring is 1. The fourth-order valence-corrected chi connectivity index (χ4v) is 2.35. The average Bonchev–Trinajstić information content (AvgIpc) is 2.64. The van der Waals surface area contributed by atoms with E-state index in [9.17, 15) is 4.79 Å². The van der Waals surface area contributed by atoms with Gasteiger partial charge in [0, 0.05) is 16.9 Å². The molecule has 3 rings (SSSR count). The maximum Gasteiger partial charge on any atom is 0.271 e. The lowest BCUT2D eigenvalue weighted by molar-refractivity contribution is 0.0962. The summed E-state index contributed by atoms with van der Waals surface area (Å²) in [4.78, 5) is 24.1. The van der Waals surface area contributed by atoms with Gasteiger partial charge in [0.25, 0.3) is 5.91 Å². The molecule has 2 heterocycles. The lowest BCUT2D eigenvalue weighted by Crippen LogP contribution is -2.30. The van der Waals surface area contributed by atoms with Crippen molar-refractivity contribution in [3.05, 3.63) is 65.2 Å². The van der Waals surface area contributed by atoms with Crippen molar-refractivity contribution >= 4 is 44.8 Å². The number of amides is 1. The number of nitrogens with one attached hydrogen (secondary N) is 3. The minimum absolute atomic E-state index is 0.268. The molecule has 0 spiro atoms. The second kappa shape index (κ2) is 7.58. The number of nitrogens with zero attached hydrogens (tertiary/aromatic N) is 3. The molecule has 3 aromatic rings. The minimum atomic E-state index is -0.355. The highest BCUT2D eigenvalue weighted by Crippen LogP contribution is 2.29. The molecule has 8 nitrogen and oxygen atoms in total. The Hall–Kier alpha value is -3.20. The molecule has 0 aliphatic rings. The van der Waals surface area contributed by atoms with Crippen LogP contribution in [0.4, 0.5) is 23.0 Å². The Morgan fingerprint density at radius 2 is 1.88 bits per heavy atom. The maximum absolute atomic E-state index is 12.0. The SMILES string of the molecule is Nc1c(NNC(=O)c2cccnc2)ncnc1Nc1ccccc1Br. The summed E-state index contributed by atoms with van der Waals surface area (Å²) >= 11 is 3.45. The van der Waals surface area contributed by atoms with Crippen molar-refractivity contribution in [2.24, 2.45) is 0 Å². The molecule has 0 fully saturated rings. The maximum atomic E-state index is 12.0. The summed E-state index contributed by atoms with van der Waals surface area (Å²) in [5, 5.41) is 3.11. The van der Waals surface area contributed by atoms with Crippen molar-refractivity contribution in [1.82, 2.24) is 20.4 Å². The Bertz CT molecular complexity index is 889. The van der Waals surface area contributed by atoms with Gasteiger partial charge in [0.1, 0.15) is 12.0 Å². The van der Waals surface area contributed by atoms with Crippen molar-refractivity contribution in [1.29, 1.82) is 0 Å². The van der Waals surface area contributed by atoms with Crippen LogP contribution in [0.15, 0.2) is 59.6 Å². The summed E-state index contributed by atoms with van der Waals surface area (Å²) in [5.41, 5.74) is 12.8. The Kier molecular flexibility index (Phi) is 5.05. The van der Waals surface area contributed by atoms with Crippen LogP contribution < -0.4 is 21.9 Å². The molecule has 0 unspecified atom stereocenters. The van der Waals surface area contributed by atoms with Crippen LogP contribution in [0.5, 0.6) is 0 Å². The minimum Gasteiger partial charge on any atom is -0.393 e. The number of aromatic nitrogens is 3. The average molecular weight is 400 g/mol. The highest BCUT2D eigenvalue weighted by atomic mass is 79.9. The fraction of sp³-hybridized carbons (Fsp3) is 0. The standard InChI is InChI=1S/C16H14BrN7O/c17-11-5-1-2-6-12(11)22-14-13(18)15(21-9-20-14)23-24-16(25)10-4-3-7-19-8-10/h1-9H,18H2,(H,24,25)(H2,20,21,22,23). The van der Waals surface area contributed by atoms with E-state index in [1.165, 1.54) is 12.5 Å². The third kappa shape index (κ3) is 4.01. The number of anilines is 4. The number of carbonyl (C=O) groups excluding carboxylic acids is 1. The Morgan fingerprint density at radius 1 is 1.08 bits per heavy atom. The van der Waals surface area contributed by atoms with Gasteiger partial charge < -0.3 is 11.1 Å². The van der Waals surface area contributed by atoms with Crippen LogP contribution in [-0.4, -0.2) is 20.9 Å². The van der Waals surface area contributed by atoms with Gasteiger partial charge in [0.15, 0.2) is 11.6 Å². The van der Waals surface area contributed by atoms with Gasteiger partial charge in [-0.1, -0.05) is 12.1 Å². The number of carbonyl (C=O) groups is 1. The van der Waals surface area contributed by atoms with Gasteiger partial charge in [-0.15, -0.1) is 0 Å². The van der Waals surface area contributed by atoms with E-state index in [0.29, 0.717) is 11.4 Å². The van der Waals surface area contributed by atoms with Gasteiger partial charge in [-0.05, 0) is 40.2 Å². The zero-order chi connectivity index (χ0) is 17.6. The largest absolute Gasteiger partial charge is 0.393 e. The van der Waals surface area contributed by atoms with E-state index >= 15 is 0 Å². The summed E-state index contributed by atoms with van der Waals surface area (Å²) in [6.07, 6.45) is 4.39. The van der Waals surface area contributed by atoms with Crippen molar-refractivity contribution in [2.75, 3.05) is 16.5 Å². The molecule has 0 radical (unpaired) electrons. The quantitative estimate of drug-likeness (QED) is 0.487. The second-order valence-corrected chi connectivity index (χ2v) is 5.76. The number of rotatable bonds is 5. The summed E-state index contributed by atoms with van der Waals surface area (Å²) in [5.74, 6) is 0.341. The molecule has 25 heavy (non-hydrogen) atoms. The topological polar surface area (TPSA) is 118 Å². The third-order valence-electron chi connectivity index (χ3n) is 3.23. The van der Waals surface area contributed by atoms with Crippen LogP contribution in [0.1, 0.15) is 10.4 Å². The van der Waals surface area contributed by atoms with Crippen LogP contribution >= 0.6 is 15.9 Å². The first-order valence-electron chi connectivity index (χ1n) is 7.23. The molecule has 126 valence electrons. The molecule has 0 saturated carbocycles. The van der Waals surface area contributed by atoms with E-state index in [2.05, 4.69) is 47.1 Å². The fourth-order valence-electron chi connectivity index (χ4n) is 1.97. The Balaban J connectivity index is 1.73. The molecule has 0 aliphatic carbocycles. The van der Waals surface area contributed by atoms with Crippen molar-refractivity contribution in [3.63, 3.8) is 0 Å². The molecule has 0 bridgehead atoms. The second-order valence-electron chi connectivity index (χ2n) is 4.91. The molecule has 1 amide bonds. The number of para-hydroxylation sites is 1. The Labute approximate surface area is 152 Å². The molecular formula is C16H14BrN7O. The van der Waals surface area contributed by atoms with Crippen LogP contribution in [-0.2, 0) is 0 Å². The molecule has 0 aliphatic heterocycles. The van der Waals surface area contributed by atoms with Gasteiger partial charge in [0.05, 0.1) is 11.3 Å². The number of hydrogen-bond donors (Lipinski definition) is 4. The van der Waals surface area contributed by atoms with E-state index in [1.807, 2.05) is 24.3 Å². The summed E-state index contributed by atoms with van der Waals surface area (Å²) in [6.45, 7) is 0. The molecular weight excluding hydrogens is 386 g/mol. The number of benzene rings is 1. The zero-order valence-electron chi connectivity index (χ0n) is 12.9. The number of halogens is 1. The monoisotopic (exact) mass is 399 g/mol. The number of pyridine rings is 1. The van der Waals surface area contributed by atoms with Gasteiger partial charge in [0.2, 0.25) is 0 Å². The third-order valence-corrected chi connectivity index (χ3v) is 3.92. The van der Waals surface area contributed by atoms with Crippen molar-refractivity contribution in [2.45, 2.75) is 0 Å². The molecule has 2 aromatic heterocycles. The van der Waals surface area contributed by atoms with E-state index < -0.39 is 0 Å². The predicted octanol–water partition coefficient (Wildman–Crippen LogP) is 2.72. The number of hydrazine groups is 1. The lowest BCUT2D eigenvalue weighted by Gasteiger charge is -2.13. The first-order valence-corrected chi connectivity index (χ1v) is 8.03. The molecule has 1 aromatic carbocycles. The van der Waals surface area contributed by atoms with Gasteiger partial charge in [-0.2, -0.15) is 0 Å². The number of nitrogens with two attached hydrogens (primary N) is 1. The molecule has 0 saturated heterocycles. The zero-order valence-corrected chi connectivity index (χ0v) is 14.5. The van der Waals surface area contributed by atoms with E-state index in [4.69, 9.17) is 5.73 Å². The van der Waals surface area contributed by atoms with Crippen LogP contribution in [0, 0.1) is 0 Å². The Morgan fingerprint density at radius 3 is 2.64 bits per heavy atom. The smallest absolute Gasteiger partial charge is 0.271 e. The summed E-state index contributed by atoms with van der Waals surface area (Å²) in [6, 6.07) is 10.9. The van der Waals surface area contributed by atoms with Crippen LogP contribution in [0.2, 0.25) is 0 Å². The van der Waals surface area contributed by atoms with E-state index in [0.717, 1.165) is 10.2 Å². The first-order chi connectivity index (χ1) is 12.1. The van der Waals surface area contributed by atoms with Crippen LogP contribution in [0.25, 0.3) is 0 Å². The predicted molar refractivity (Wildman–Crippen MR) is 99.2 cm³/mol.